The van der Waals surface area contributed by atoms with Crippen molar-refractivity contribution < 1.29 is 14.6 Å². The van der Waals surface area contributed by atoms with Crippen LogP contribution in [-0.4, -0.2) is 43.2 Å². The first-order valence-electron chi connectivity index (χ1n) is 6.36. The fourth-order valence-corrected chi connectivity index (χ4v) is 2.27. The molecule has 94 valence electrons. The number of hydrogen-bond acceptors (Lipinski definition) is 4. The average Bonchev–Trinajstić information content (AvgIpc) is 3.14. The summed E-state index contributed by atoms with van der Waals surface area (Å²) in [5.74, 6) is 0.352. The smallest absolute Gasteiger partial charge is 0.103 e. The molecule has 3 N–H and O–H groups in total. The molecule has 2 fully saturated rings. The minimum absolute atomic E-state index is 0.218. The Morgan fingerprint density at radius 1 is 1.31 bits per heavy atom. The fraction of sp³-hybridized carbons (Fsp3) is 1.00. The van der Waals surface area contributed by atoms with Crippen LogP contribution in [0.15, 0.2) is 0 Å². The van der Waals surface area contributed by atoms with Gasteiger partial charge >= 0.3 is 0 Å². The van der Waals surface area contributed by atoms with Crippen molar-refractivity contribution in [2.45, 2.75) is 43.8 Å². The molecular formula is C12H23NO3. The molecule has 1 heterocycles. The molecule has 0 amide bonds. The molecule has 2 unspecified atom stereocenters. The van der Waals surface area contributed by atoms with Gasteiger partial charge in [-0.25, -0.2) is 0 Å². The highest BCUT2D eigenvalue weighted by Gasteiger charge is 2.43. The van der Waals surface area contributed by atoms with Gasteiger partial charge in [-0.05, 0) is 38.0 Å². The summed E-state index contributed by atoms with van der Waals surface area (Å²) >= 11 is 0. The van der Waals surface area contributed by atoms with Gasteiger partial charge < -0.3 is 20.3 Å². The summed E-state index contributed by atoms with van der Waals surface area (Å²) < 4.78 is 11.1. The quantitative estimate of drug-likeness (QED) is 0.702. The van der Waals surface area contributed by atoms with Crippen molar-refractivity contribution in [2.24, 2.45) is 11.7 Å². The van der Waals surface area contributed by atoms with Crippen molar-refractivity contribution in [3.05, 3.63) is 0 Å². The van der Waals surface area contributed by atoms with E-state index in [0.29, 0.717) is 25.7 Å². The summed E-state index contributed by atoms with van der Waals surface area (Å²) in [4.78, 5) is 0. The molecule has 1 aliphatic carbocycles. The van der Waals surface area contributed by atoms with E-state index in [1.165, 1.54) is 6.42 Å². The maximum Gasteiger partial charge on any atom is 0.103 e. The van der Waals surface area contributed by atoms with Crippen LogP contribution in [0.25, 0.3) is 0 Å². The van der Waals surface area contributed by atoms with Gasteiger partial charge in [-0.3, -0.25) is 0 Å². The first kappa shape index (κ1) is 12.3. The monoisotopic (exact) mass is 229 g/mol. The molecule has 0 aromatic carbocycles. The van der Waals surface area contributed by atoms with Gasteiger partial charge in [0, 0.05) is 13.2 Å². The van der Waals surface area contributed by atoms with Crippen LogP contribution in [0, 0.1) is 5.92 Å². The molecule has 2 atom stereocenters. The van der Waals surface area contributed by atoms with Crippen LogP contribution in [0.3, 0.4) is 0 Å². The van der Waals surface area contributed by atoms with Gasteiger partial charge in [-0.2, -0.15) is 0 Å². The largest absolute Gasteiger partial charge is 0.386 e. The van der Waals surface area contributed by atoms with E-state index in [0.717, 1.165) is 32.3 Å². The molecule has 0 bridgehead atoms. The molecule has 2 aliphatic rings. The molecular weight excluding hydrogens is 206 g/mol. The van der Waals surface area contributed by atoms with Gasteiger partial charge in [-0.15, -0.1) is 0 Å². The number of aliphatic hydroxyl groups is 1. The maximum absolute atomic E-state index is 10.2. The summed E-state index contributed by atoms with van der Waals surface area (Å²) in [6.07, 6.45) is 5.83. The van der Waals surface area contributed by atoms with Crippen LogP contribution >= 0.6 is 0 Å². The lowest BCUT2D eigenvalue weighted by Gasteiger charge is -2.28. The van der Waals surface area contributed by atoms with Crippen molar-refractivity contribution in [3.8, 4) is 0 Å². The standard InChI is InChI=1S/C12H23NO3/c13-8-12(14,10-4-5-10)9-15-7-11-3-1-2-6-16-11/h10-11,14H,1-9,13H2. The number of nitrogens with two attached hydrogens (primary N) is 1. The Bertz CT molecular complexity index is 214. The maximum atomic E-state index is 10.2. The third-order valence-corrected chi connectivity index (χ3v) is 3.62. The summed E-state index contributed by atoms with van der Waals surface area (Å²) in [6.45, 7) is 2.09. The Hall–Kier alpha value is -0.160. The van der Waals surface area contributed by atoms with Crippen LogP contribution in [-0.2, 0) is 9.47 Å². The Morgan fingerprint density at radius 2 is 2.12 bits per heavy atom. The lowest BCUT2D eigenvalue weighted by atomic mass is 9.99. The van der Waals surface area contributed by atoms with Gasteiger partial charge in [0.1, 0.15) is 5.60 Å². The fourth-order valence-electron chi connectivity index (χ4n) is 2.27. The molecule has 0 spiro atoms. The third kappa shape index (κ3) is 3.17. The second-order valence-corrected chi connectivity index (χ2v) is 5.09. The molecule has 2 rings (SSSR count). The highest BCUT2D eigenvalue weighted by Crippen LogP contribution is 2.39. The molecule has 0 radical (unpaired) electrons. The molecule has 16 heavy (non-hydrogen) atoms. The van der Waals surface area contributed by atoms with Crippen molar-refractivity contribution in [3.63, 3.8) is 0 Å². The Kier molecular flexibility index (Phi) is 4.19. The van der Waals surface area contributed by atoms with Crippen LogP contribution in [0.1, 0.15) is 32.1 Å². The zero-order valence-electron chi connectivity index (χ0n) is 9.86. The SMILES string of the molecule is NCC(O)(COCC1CCCCO1)C1CC1. The molecule has 1 saturated carbocycles. The van der Waals surface area contributed by atoms with Gasteiger partial charge in [0.25, 0.3) is 0 Å². The topological polar surface area (TPSA) is 64.7 Å². The van der Waals surface area contributed by atoms with Gasteiger partial charge in [0.2, 0.25) is 0 Å². The van der Waals surface area contributed by atoms with E-state index in [1.807, 2.05) is 0 Å². The van der Waals surface area contributed by atoms with E-state index in [9.17, 15) is 5.11 Å². The Morgan fingerprint density at radius 3 is 2.69 bits per heavy atom. The van der Waals surface area contributed by atoms with Crippen LogP contribution in [0.2, 0.25) is 0 Å². The van der Waals surface area contributed by atoms with Gasteiger partial charge in [0.05, 0.1) is 19.3 Å². The molecule has 0 aromatic heterocycles. The first-order chi connectivity index (χ1) is 7.74. The lowest BCUT2D eigenvalue weighted by molar-refractivity contribution is -0.0922. The number of hydrogen-bond donors (Lipinski definition) is 2. The second kappa shape index (κ2) is 5.45. The Balaban J connectivity index is 1.65. The van der Waals surface area contributed by atoms with E-state index >= 15 is 0 Å². The zero-order valence-corrected chi connectivity index (χ0v) is 9.86. The normalized spacial score (nSPS) is 30.0. The van der Waals surface area contributed by atoms with Gasteiger partial charge in [-0.1, -0.05) is 0 Å². The minimum Gasteiger partial charge on any atom is -0.386 e. The van der Waals surface area contributed by atoms with Crippen molar-refractivity contribution in [2.75, 3.05) is 26.4 Å². The molecule has 0 aromatic rings. The van der Waals surface area contributed by atoms with E-state index in [2.05, 4.69) is 0 Å². The van der Waals surface area contributed by atoms with E-state index in [1.54, 1.807) is 0 Å². The number of ether oxygens (including phenoxy) is 2. The van der Waals surface area contributed by atoms with Gasteiger partial charge in [0.15, 0.2) is 0 Å². The van der Waals surface area contributed by atoms with E-state index in [4.69, 9.17) is 15.2 Å². The van der Waals surface area contributed by atoms with Crippen LogP contribution < -0.4 is 5.73 Å². The van der Waals surface area contributed by atoms with Crippen molar-refractivity contribution in [1.29, 1.82) is 0 Å². The van der Waals surface area contributed by atoms with E-state index < -0.39 is 5.60 Å². The van der Waals surface area contributed by atoms with Crippen molar-refractivity contribution in [1.82, 2.24) is 0 Å². The predicted molar refractivity (Wildman–Crippen MR) is 61.1 cm³/mol. The summed E-state index contributed by atoms with van der Waals surface area (Å²) in [5, 5.41) is 10.2. The average molecular weight is 229 g/mol. The highest BCUT2D eigenvalue weighted by molar-refractivity contribution is 4.95. The molecule has 4 nitrogen and oxygen atoms in total. The second-order valence-electron chi connectivity index (χ2n) is 5.09. The van der Waals surface area contributed by atoms with Crippen LogP contribution in [0.4, 0.5) is 0 Å². The first-order valence-corrected chi connectivity index (χ1v) is 6.36. The van der Waals surface area contributed by atoms with Crippen LogP contribution in [0.5, 0.6) is 0 Å². The summed E-state index contributed by atoms with van der Waals surface area (Å²) in [7, 11) is 0. The van der Waals surface area contributed by atoms with E-state index in [-0.39, 0.29) is 6.10 Å². The Labute approximate surface area is 97.1 Å². The zero-order chi connectivity index (χ0) is 11.4. The molecule has 1 saturated heterocycles. The lowest BCUT2D eigenvalue weighted by Crippen LogP contribution is -2.45. The van der Waals surface area contributed by atoms with Crippen molar-refractivity contribution >= 4 is 0 Å². The predicted octanol–water partition coefficient (Wildman–Crippen LogP) is 0.672. The molecule has 1 aliphatic heterocycles. The summed E-state index contributed by atoms with van der Waals surface area (Å²) in [6, 6.07) is 0. The highest BCUT2D eigenvalue weighted by atomic mass is 16.5. The number of rotatable bonds is 6. The summed E-state index contributed by atoms with van der Waals surface area (Å²) in [5.41, 5.74) is 4.81. The third-order valence-electron chi connectivity index (χ3n) is 3.62. The minimum atomic E-state index is -0.797. The molecule has 4 heteroatoms.